The topological polar surface area (TPSA) is 29.0 Å². The molecule has 0 saturated carbocycles. The van der Waals surface area contributed by atoms with Crippen LogP contribution in [0.2, 0.25) is 0 Å². The number of hydrogen-bond acceptors (Lipinski definition) is 3. The van der Waals surface area contributed by atoms with Crippen LogP contribution in [0.5, 0.6) is 0 Å². The van der Waals surface area contributed by atoms with Gasteiger partial charge in [0.25, 0.3) is 0 Å². The SMILES string of the molecule is CN1CCC[C@@H]1CCc1cnc(Br)cn1. The van der Waals surface area contributed by atoms with Crippen LogP contribution in [-0.4, -0.2) is 34.5 Å². The van der Waals surface area contributed by atoms with Crippen molar-refractivity contribution in [2.75, 3.05) is 13.6 Å². The van der Waals surface area contributed by atoms with Crippen molar-refractivity contribution in [2.45, 2.75) is 31.7 Å². The molecule has 0 radical (unpaired) electrons. The Kier molecular flexibility index (Phi) is 3.70. The number of aryl methyl sites for hydroxylation is 1. The molecule has 1 atom stereocenters. The molecule has 0 bridgehead atoms. The summed E-state index contributed by atoms with van der Waals surface area (Å²) < 4.78 is 0.809. The molecule has 0 amide bonds. The van der Waals surface area contributed by atoms with Gasteiger partial charge in [0.1, 0.15) is 4.60 Å². The summed E-state index contributed by atoms with van der Waals surface area (Å²) in [7, 11) is 2.21. The number of hydrogen-bond donors (Lipinski definition) is 0. The highest BCUT2D eigenvalue weighted by Gasteiger charge is 2.20. The predicted molar refractivity (Wildman–Crippen MR) is 63.7 cm³/mol. The van der Waals surface area contributed by atoms with E-state index in [9.17, 15) is 0 Å². The van der Waals surface area contributed by atoms with E-state index in [1.54, 1.807) is 6.20 Å². The summed E-state index contributed by atoms with van der Waals surface area (Å²) in [5.74, 6) is 0. The summed E-state index contributed by atoms with van der Waals surface area (Å²) in [6, 6.07) is 0.746. The van der Waals surface area contributed by atoms with Crippen LogP contribution in [0.1, 0.15) is 25.0 Å². The van der Waals surface area contributed by atoms with Crippen LogP contribution < -0.4 is 0 Å². The van der Waals surface area contributed by atoms with Crippen molar-refractivity contribution in [3.8, 4) is 0 Å². The van der Waals surface area contributed by atoms with E-state index in [0.717, 1.165) is 22.8 Å². The Bertz CT molecular complexity index is 312. The first-order valence-electron chi connectivity index (χ1n) is 5.42. The van der Waals surface area contributed by atoms with E-state index in [-0.39, 0.29) is 0 Å². The van der Waals surface area contributed by atoms with Crippen LogP contribution in [-0.2, 0) is 6.42 Å². The van der Waals surface area contributed by atoms with Gasteiger partial charge in [0.15, 0.2) is 0 Å². The Hall–Kier alpha value is -0.480. The summed E-state index contributed by atoms with van der Waals surface area (Å²) >= 11 is 3.29. The van der Waals surface area contributed by atoms with Crippen molar-refractivity contribution in [3.05, 3.63) is 22.7 Å². The second kappa shape index (κ2) is 5.03. The molecule has 1 fully saturated rings. The summed E-state index contributed by atoms with van der Waals surface area (Å²) in [4.78, 5) is 11.0. The molecular formula is C11H16BrN3. The number of aromatic nitrogens is 2. The second-order valence-electron chi connectivity index (χ2n) is 4.15. The molecule has 3 nitrogen and oxygen atoms in total. The largest absolute Gasteiger partial charge is 0.303 e. The molecule has 0 aromatic carbocycles. The minimum absolute atomic E-state index is 0.746. The molecule has 0 spiro atoms. The lowest BCUT2D eigenvalue weighted by atomic mass is 10.1. The Morgan fingerprint density at radius 2 is 2.33 bits per heavy atom. The number of nitrogens with zero attached hydrogens (tertiary/aromatic N) is 3. The first-order valence-corrected chi connectivity index (χ1v) is 6.21. The standard InChI is InChI=1S/C11H16BrN3/c1-15-6-2-3-10(15)5-4-9-7-14-11(12)8-13-9/h7-8,10H,2-6H2,1H3/t10-/m1/s1. The van der Waals surface area contributed by atoms with Gasteiger partial charge in [0.05, 0.1) is 11.9 Å². The normalized spacial score (nSPS) is 22.1. The van der Waals surface area contributed by atoms with E-state index in [1.807, 2.05) is 6.20 Å². The van der Waals surface area contributed by atoms with Crippen molar-refractivity contribution in [1.29, 1.82) is 0 Å². The Morgan fingerprint density at radius 1 is 1.47 bits per heavy atom. The van der Waals surface area contributed by atoms with Gasteiger partial charge < -0.3 is 4.90 Å². The molecule has 4 heteroatoms. The van der Waals surface area contributed by atoms with Gasteiger partial charge in [-0.3, -0.25) is 4.98 Å². The molecule has 0 aliphatic carbocycles. The predicted octanol–water partition coefficient (Wildman–Crippen LogP) is 2.27. The molecule has 1 saturated heterocycles. The van der Waals surface area contributed by atoms with E-state index < -0.39 is 0 Å². The molecule has 2 heterocycles. The van der Waals surface area contributed by atoms with Gasteiger partial charge in [-0.1, -0.05) is 0 Å². The average molecular weight is 270 g/mol. The molecule has 0 N–H and O–H groups in total. The minimum Gasteiger partial charge on any atom is -0.303 e. The van der Waals surface area contributed by atoms with Gasteiger partial charge in [0, 0.05) is 12.2 Å². The highest BCUT2D eigenvalue weighted by molar-refractivity contribution is 9.10. The third-order valence-electron chi connectivity index (χ3n) is 3.08. The van der Waals surface area contributed by atoms with Crippen LogP contribution in [0.4, 0.5) is 0 Å². The van der Waals surface area contributed by atoms with E-state index >= 15 is 0 Å². The first kappa shape index (κ1) is 11.0. The highest BCUT2D eigenvalue weighted by Crippen LogP contribution is 2.19. The zero-order chi connectivity index (χ0) is 10.7. The average Bonchev–Trinajstić information content (AvgIpc) is 2.63. The molecule has 15 heavy (non-hydrogen) atoms. The third kappa shape index (κ3) is 2.98. The highest BCUT2D eigenvalue weighted by atomic mass is 79.9. The van der Waals surface area contributed by atoms with E-state index in [4.69, 9.17) is 0 Å². The lowest BCUT2D eigenvalue weighted by molar-refractivity contribution is 0.296. The van der Waals surface area contributed by atoms with Crippen LogP contribution in [0, 0.1) is 0 Å². The molecule has 82 valence electrons. The lowest BCUT2D eigenvalue weighted by Crippen LogP contribution is -2.25. The molecule has 1 aliphatic rings. The van der Waals surface area contributed by atoms with E-state index in [2.05, 4.69) is 37.8 Å². The fraction of sp³-hybridized carbons (Fsp3) is 0.636. The summed E-state index contributed by atoms with van der Waals surface area (Å²) in [6.45, 7) is 1.25. The van der Waals surface area contributed by atoms with Crippen LogP contribution >= 0.6 is 15.9 Å². The Labute approximate surface area is 99.0 Å². The van der Waals surface area contributed by atoms with Crippen molar-refractivity contribution < 1.29 is 0 Å². The molecule has 0 unspecified atom stereocenters. The zero-order valence-corrected chi connectivity index (χ0v) is 10.6. The van der Waals surface area contributed by atoms with Gasteiger partial charge in [-0.05, 0) is 55.2 Å². The van der Waals surface area contributed by atoms with Gasteiger partial charge in [0.2, 0.25) is 0 Å². The van der Waals surface area contributed by atoms with Gasteiger partial charge in [-0.2, -0.15) is 0 Å². The second-order valence-corrected chi connectivity index (χ2v) is 4.96. The van der Waals surface area contributed by atoms with Gasteiger partial charge in [-0.25, -0.2) is 4.98 Å². The molecule has 1 aliphatic heterocycles. The molecule has 2 rings (SSSR count). The summed E-state index contributed by atoms with van der Waals surface area (Å²) in [5, 5.41) is 0. The number of halogens is 1. The quantitative estimate of drug-likeness (QED) is 0.843. The van der Waals surface area contributed by atoms with Crippen molar-refractivity contribution >= 4 is 15.9 Å². The summed E-state index contributed by atoms with van der Waals surface area (Å²) in [6.07, 6.45) is 8.54. The first-order chi connectivity index (χ1) is 7.25. The van der Waals surface area contributed by atoms with Gasteiger partial charge >= 0.3 is 0 Å². The maximum Gasteiger partial charge on any atom is 0.124 e. The zero-order valence-electron chi connectivity index (χ0n) is 8.99. The van der Waals surface area contributed by atoms with Gasteiger partial charge in [-0.15, -0.1) is 0 Å². The molecule has 1 aromatic rings. The maximum atomic E-state index is 4.34. The van der Waals surface area contributed by atoms with Crippen molar-refractivity contribution in [3.63, 3.8) is 0 Å². The van der Waals surface area contributed by atoms with Crippen molar-refractivity contribution in [1.82, 2.24) is 14.9 Å². The van der Waals surface area contributed by atoms with Crippen LogP contribution in [0.3, 0.4) is 0 Å². The van der Waals surface area contributed by atoms with Crippen LogP contribution in [0.15, 0.2) is 17.0 Å². The van der Waals surface area contributed by atoms with Crippen molar-refractivity contribution in [2.24, 2.45) is 0 Å². The van der Waals surface area contributed by atoms with Crippen LogP contribution in [0.25, 0.3) is 0 Å². The van der Waals surface area contributed by atoms with E-state index in [1.165, 1.54) is 25.8 Å². The number of rotatable bonds is 3. The Balaban J connectivity index is 1.85. The monoisotopic (exact) mass is 269 g/mol. The number of likely N-dealkylation sites (tertiary alicyclic amines) is 1. The third-order valence-corrected chi connectivity index (χ3v) is 3.49. The smallest absolute Gasteiger partial charge is 0.124 e. The lowest BCUT2D eigenvalue weighted by Gasteiger charge is -2.18. The fourth-order valence-electron chi connectivity index (χ4n) is 2.13. The molecular weight excluding hydrogens is 254 g/mol. The fourth-order valence-corrected chi connectivity index (χ4v) is 2.33. The van der Waals surface area contributed by atoms with E-state index in [0.29, 0.717) is 0 Å². The molecule has 1 aromatic heterocycles. The Morgan fingerprint density at radius 3 is 2.93 bits per heavy atom. The summed E-state index contributed by atoms with van der Waals surface area (Å²) in [5.41, 5.74) is 1.10. The maximum absolute atomic E-state index is 4.34. The minimum atomic E-state index is 0.746.